The molecule has 0 unspecified atom stereocenters. The van der Waals surface area contributed by atoms with Gasteiger partial charge in [0.15, 0.2) is 5.78 Å². The minimum atomic E-state index is 0.0300. The average molecular weight is 239 g/mol. The molecule has 2 heterocycles. The average Bonchev–Trinajstić information content (AvgIpc) is 2.92. The highest BCUT2D eigenvalue weighted by molar-refractivity contribution is 6.09. The molecule has 0 atom stereocenters. The number of hydrogen-bond acceptors (Lipinski definition) is 2. The monoisotopic (exact) mass is 239 g/mol. The van der Waals surface area contributed by atoms with Crippen LogP contribution in [0.1, 0.15) is 17.4 Å². The lowest BCUT2D eigenvalue weighted by molar-refractivity contribution is 0.101. The van der Waals surface area contributed by atoms with Crippen LogP contribution in [0.3, 0.4) is 0 Å². The van der Waals surface area contributed by atoms with E-state index in [9.17, 15) is 4.79 Å². The van der Waals surface area contributed by atoms with Gasteiger partial charge in [-0.25, -0.2) is 0 Å². The predicted molar refractivity (Wildman–Crippen MR) is 70.5 cm³/mol. The number of carbonyl (C=O) groups is 1. The SMILES string of the molecule is CC(=O)c1[nH]c2ccccc2c1-c1ccnn1C. The van der Waals surface area contributed by atoms with Gasteiger partial charge >= 0.3 is 0 Å². The van der Waals surface area contributed by atoms with Crippen LogP contribution in [0, 0.1) is 0 Å². The van der Waals surface area contributed by atoms with Crippen molar-refractivity contribution in [3.05, 3.63) is 42.2 Å². The summed E-state index contributed by atoms with van der Waals surface area (Å²) >= 11 is 0. The standard InChI is InChI=1S/C14H13N3O/c1-9(18)14-13(12-7-8-15-17(12)2)10-5-3-4-6-11(10)16-14/h3-8,16H,1-2H3. The fraction of sp³-hybridized carbons (Fsp3) is 0.143. The van der Waals surface area contributed by atoms with Crippen LogP contribution >= 0.6 is 0 Å². The van der Waals surface area contributed by atoms with E-state index in [0.717, 1.165) is 22.2 Å². The Bertz CT molecular complexity index is 736. The molecule has 0 amide bonds. The van der Waals surface area contributed by atoms with Crippen LogP contribution in [0.25, 0.3) is 22.2 Å². The Labute approximate surface area is 104 Å². The van der Waals surface area contributed by atoms with Crippen LogP contribution < -0.4 is 0 Å². The van der Waals surface area contributed by atoms with Crippen molar-refractivity contribution in [1.29, 1.82) is 0 Å². The molecule has 0 radical (unpaired) electrons. The van der Waals surface area contributed by atoms with Crippen molar-refractivity contribution in [2.24, 2.45) is 7.05 Å². The molecule has 0 saturated carbocycles. The van der Waals surface area contributed by atoms with Gasteiger partial charge in [0.1, 0.15) is 0 Å². The fourth-order valence-corrected chi connectivity index (χ4v) is 2.29. The third kappa shape index (κ3) is 1.46. The lowest BCUT2D eigenvalue weighted by Gasteiger charge is -2.02. The first-order valence-corrected chi connectivity index (χ1v) is 5.78. The molecule has 18 heavy (non-hydrogen) atoms. The molecule has 3 rings (SSSR count). The van der Waals surface area contributed by atoms with Crippen LogP contribution in [-0.4, -0.2) is 20.5 Å². The third-order valence-corrected chi connectivity index (χ3v) is 3.14. The Morgan fingerprint density at radius 2 is 2.06 bits per heavy atom. The van der Waals surface area contributed by atoms with E-state index in [2.05, 4.69) is 10.1 Å². The van der Waals surface area contributed by atoms with Crippen molar-refractivity contribution in [1.82, 2.24) is 14.8 Å². The second-order valence-corrected chi connectivity index (χ2v) is 4.32. The summed E-state index contributed by atoms with van der Waals surface area (Å²) in [5, 5.41) is 5.22. The van der Waals surface area contributed by atoms with Gasteiger partial charge in [-0.2, -0.15) is 5.10 Å². The second-order valence-electron chi connectivity index (χ2n) is 4.32. The molecule has 1 aromatic carbocycles. The van der Waals surface area contributed by atoms with E-state index in [0.29, 0.717) is 5.69 Å². The molecule has 3 aromatic rings. The number of hydrogen-bond donors (Lipinski definition) is 1. The third-order valence-electron chi connectivity index (χ3n) is 3.14. The van der Waals surface area contributed by atoms with E-state index in [4.69, 9.17) is 0 Å². The normalized spacial score (nSPS) is 11.0. The molecule has 0 aliphatic rings. The lowest BCUT2D eigenvalue weighted by atomic mass is 10.1. The summed E-state index contributed by atoms with van der Waals surface area (Å²) in [6.07, 6.45) is 1.74. The van der Waals surface area contributed by atoms with E-state index in [1.807, 2.05) is 37.4 Å². The first-order chi connectivity index (χ1) is 8.68. The minimum absolute atomic E-state index is 0.0300. The molecule has 0 spiro atoms. The number of aryl methyl sites for hydroxylation is 1. The van der Waals surface area contributed by atoms with Crippen molar-refractivity contribution in [2.75, 3.05) is 0 Å². The zero-order valence-corrected chi connectivity index (χ0v) is 10.3. The van der Waals surface area contributed by atoms with Crippen LogP contribution in [0.5, 0.6) is 0 Å². The lowest BCUT2D eigenvalue weighted by Crippen LogP contribution is -1.99. The van der Waals surface area contributed by atoms with Gasteiger partial charge in [0.2, 0.25) is 0 Å². The summed E-state index contributed by atoms with van der Waals surface area (Å²) in [5.74, 6) is 0.0300. The largest absolute Gasteiger partial charge is 0.352 e. The predicted octanol–water partition coefficient (Wildman–Crippen LogP) is 2.77. The summed E-state index contributed by atoms with van der Waals surface area (Å²) < 4.78 is 1.78. The number of aromatic nitrogens is 3. The van der Waals surface area contributed by atoms with Gasteiger partial charge in [0.25, 0.3) is 0 Å². The van der Waals surface area contributed by atoms with E-state index in [1.54, 1.807) is 17.8 Å². The molecule has 0 bridgehead atoms. The topological polar surface area (TPSA) is 50.7 Å². The smallest absolute Gasteiger partial charge is 0.176 e. The Hall–Kier alpha value is -2.36. The Kier molecular flexibility index (Phi) is 2.30. The number of nitrogens with zero attached hydrogens (tertiary/aromatic N) is 2. The van der Waals surface area contributed by atoms with Gasteiger partial charge in [-0.3, -0.25) is 9.48 Å². The number of para-hydroxylation sites is 1. The molecule has 0 aliphatic heterocycles. The van der Waals surface area contributed by atoms with E-state index < -0.39 is 0 Å². The van der Waals surface area contributed by atoms with Crippen molar-refractivity contribution >= 4 is 16.7 Å². The Morgan fingerprint density at radius 3 is 2.72 bits per heavy atom. The number of benzene rings is 1. The maximum Gasteiger partial charge on any atom is 0.176 e. The van der Waals surface area contributed by atoms with Crippen LogP contribution in [0.2, 0.25) is 0 Å². The van der Waals surface area contributed by atoms with E-state index >= 15 is 0 Å². The van der Waals surface area contributed by atoms with Gasteiger partial charge in [-0.05, 0) is 12.1 Å². The quantitative estimate of drug-likeness (QED) is 0.699. The van der Waals surface area contributed by atoms with Gasteiger partial charge in [0.05, 0.1) is 11.4 Å². The second kappa shape index (κ2) is 3.84. The molecule has 0 fully saturated rings. The van der Waals surface area contributed by atoms with Gasteiger partial charge in [-0.1, -0.05) is 18.2 Å². The van der Waals surface area contributed by atoms with Crippen molar-refractivity contribution in [2.45, 2.75) is 6.92 Å². The first kappa shape index (κ1) is 10.8. The molecular weight excluding hydrogens is 226 g/mol. The van der Waals surface area contributed by atoms with E-state index in [1.165, 1.54) is 0 Å². The first-order valence-electron chi connectivity index (χ1n) is 5.78. The molecule has 4 nitrogen and oxygen atoms in total. The highest BCUT2D eigenvalue weighted by Crippen LogP contribution is 2.32. The van der Waals surface area contributed by atoms with Gasteiger partial charge in [-0.15, -0.1) is 0 Å². The number of carbonyl (C=O) groups excluding carboxylic acids is 1. The number of aromatic amines is 1. The minimum Gasteiger partial charge on any atom is -0.352 e. The summed E-state index contributed by atoms with van der Waals surface area (Å²) in [6, 6.07) is 9.83. The van der Waals surface area contributed by atoms with Gasteiger partial charge in [0, 0.05) is 36.6 Å². The number of rotatable bonds is 2. The zero-order chi connectivity index (χ0) is 12.7. The summed E-state index contributed by atoms with van der Waals surface area (Å²) in [6.45, 7) is 1.57. The molecule has 90 valence electrons. The fourth-order valence-electron chi connectivity index (χ4n) is 2.29. The number of nitrogens with one attached hydrogen (secondary N) is 1. The van der Waals surface area contributed by atoms with E-state index in [-0.39, 0.29) is 5.78 Å². The number of ketones is 1. The maximum absolute atomic E-state index is 11.8. The highest BCUT2D eigenvalue weighted by Gasteiger charge is 2.18. The van der Waals surface area contributed by atoms with Crippen molar-refractivity contribution in [3.8, 4) is 11.3 Å². The number of fused-ring (bicyclic) bond motifs is 1. The molecule has 1 N–H and O–H groups in total. The van der Waals surface area contributed by atoms with Crippen LogP contribution in [0.15, 0.2) is 36.5 Å². The van der Waals surface area contributed by atoms with Gasteiger partial charge < -0.3 is 4.98 Å². The van der Waals surface area contributed by atoms with Crippen LogP contribution in [-0.2, 0) is 7.05 Å². The summed E-state index contributed by atoms with van der Waals surface area (Å²) in [5.41, 5.74) is 3.48. The Morgan fingerprint density at radius 1 is 1.28 bits per heavy atom. The molecule has 0 aliphatic carbocycles. The molecular formula is C14H13N3O. The van der Waals surface area contributed by atoms with Crippen molar-refractivity contribution in [3.63, 3.8) is 0 Å². The summed E-state index contributed by atoms with van der Waals surface area (Å²) in [4.78, 5) is 15.0. The van der Waals surface area contributed by atoms with Crippen molar-refractivity contribution < 1.29 is 4.79 Å². The summed E-state index contributed by atoms with van der Waals surface area (Å²) in [7, 11) is 1.88. The molecule has 0 saturated heterocycles. The number of H-pyrrole nitrogens is 1. The highest BCUT2D eigenvalue weighted by atomic mass is 16.1. The molecule has 4 heteroatoms. The Balaban J connectivity index is 2.42. The van der Waals surface area contributed by atoms with Crippen LogP contribution in [0.4, 0.5) is 0 Å². The number of Topliss-reactive ketones (excluding diaryl/α,β-unsaturated/α-hetero) is 1. The zero-order valence-electron chi connectivity index (χ0n) is 10.3. The molecule has 2 aromatic heterocycles. The maximum atomic E-state index is 11.8.